The van der Waals surface area contributed by atoms with Crippen molar-refractivity contribution in [3.8, 4) is 0 Å². The molecule has 1 saturated carbocycles. The van der Waals surface area contributed by atoms with Gasteiger partial charge in [-0.3, -0.25) is 0 Å². The second-order valence-corrected chi connectivity index (χ2v) is 18.1. The summed E-state index contributed by atoms with van der Waals surface area (Å²) in [5.74, 6) is 2.71. The minimum absolute atomic E-state index is 0.0588. The molecule has 0 spiro atoms. The van der Waals surface area contributed by atoms with Gasteiger partial charge in [0.05, 0.1) is 0 Å². The molecule has 2 heteroatoms. The van der Waals surface area contributed by atoms with Gasteiger partial charge in [0, 0.05) is 0 Å². The summed E-state index contributed by atoms with van der Waals surface area (Å²) in [5.41, 5.74) is 2.37. The lowest BCUT2D eigenvalue weighted by molar-refractivity contribution is 0.181. The van der Waals surface area contributed by atoms with Gasteiger partial charge < -0.3 is 0 Å². The smallest absolute Gasteiger partial charge is 0.00886 e. The summed E-state index contributed by atoms with van der Waals surface area (Å²) >= 11 is 0. The Morgan fingerprint density at radius 1 is 0.882 bits per heavy atom. The Morgan fingerprint density at radius 2 is 1.44 bits per heavy atom. The average molecular weight is 495 g/mol. The molecule has 0 amide bonds. The Labute approximate surface area is 213 Å². The third-order valence-electron chi connectivity index (χ3n) is 9.73. The lowest BCUT2D eigenvalue weighted by Crippen LogP contribution is -2.60. The lowest BCUT2D eigenvalue weighted by Gasteiger charge is -2.69. The summed E-state index contributed by atoms with van der Waals surface area (Å²) in [6.07, 6.45) is 8.54. The second kappa shape index (κ2) is 10.7. The topological polar surface area (TPSA) is 0 Å². The van der Waals surface area contributed by atoms with E-state index in [1.54, 1.807) is 10.6 Å². The van der Waals surface area contributed by atoms with Gasteiger partial charge in [-0.15, -0.1) is 0 Å². The molecular weight excluding hydrogens is 446 g/mol. The van der Waals surface area contributed by atoms with Gasteiger partial charge in [-0.05, 0) is 90.0 Å². The van der Waals surface area contributed by atoms with Gasteiger partial charge in [0.25, 0.3) is 0 Å². The fourth-order valence-electron chi connectivity index (χ4n) is 7.09. The number of rotatable bonds is 8. The molecule has 0 aromatic heterocycles. The summed E-state index contributed by atoms with van der Waals surface area (Å²) in [7, 11) is -0.206. The molecule has 1 unspecified atom stereocenters. The van der Waals surface area contributed by atoms with Crippen LogP contribution in [-0.4, -0.2) is 22.6 Å². The minimum Gasteiger partial charge on any atom is -0.0931 e. The predicted molar refractivity (Wildman–Crippen MR) is 157 cm³/mol. The van der Waals surface area contributed by atoms with E-state index in [0.717, 1.165) is 29.1 Å². The van der Waals surface area contributed by atoms with E-state index in [0.29, 0.717) is 10.6 Å². The molecule has 2 aliphatic rings. The molecule has 2 aromatic rings. The van der Waals surface area contributed by atoms with Crippen molar-refractivity contribution in [3.63, 3.8) is 0 Å². The molecule has 4 rings (SSSR count). The zero-order valence-electron chi connectivity index (χ0n) is 22.8. The van der Waals surface area contributed by atoms with Crippen LogP contribution in [0, 0.1) is 23.2 Å². The van der Waals surface area contributed by atoms with Crippen LogP contribution < -0.4 is 10.6 Å². The van der Waals surface area contributed by atoms with Crippen molar-refractivity contribution in [2.45, 2.75) is 97.0 Å². The third-order valence-corrected chi connectivity index (χ3v) is 17.1. The van der Waals surface area contributed by atoms with Crippen LogP contribution in [0.2, 0.25) is 0 Å². The highest BCUT2D eigenvalue weighted by Crippen LogP contribution is 2.81. The predicted octanol–water partition coefficient (Wildman–Crippen LogP) is 9.03. The van der Waals surface area contributed by atoms with E-state index < -0.39 is 0 Å². The molecule has 0 bridgehead atoms. The molecule has 1 aliphatic heterocycles. The van der Waals surface area contributed by atoms with Gasteiger partial charge >= 0.3 is 0 Å². The first-order valence-corrected chi connectivity index (χ1v) is 16.8. The maximum atomic E-state index is 2.63. The molecule has 186 valence electrons. The first kappa shape index (κ1) is 26.4. The van der Waals surface area contributed by atoms with Crippen molar-refractivity contribution < 1.29 is 0 Å². The summed E-state index contributed by atoms with van der Waals surface area (Å²) in [6.45, 7) is 18.0. The Bertz CT molecular complexity index is 862. The highest BCUT2D eigenvalue weighted by atomic mass is 31.1. The van der Waals surface area contributed by atoms with E-state index in [9.17, 15) is 0 Å². The van der Waals surface area contributed by atoms with Crippen LogP contribution in [-0.2, 0) is 0 Å². The van der Waals surface area contributed by atoms with Crippen molar-refractivity contribution in [1.29, 1.82) is 0 Å². The van der Waals surface area contributed by atoms with Gasteiger partial charge in [-0.25, -0.2) is 0 Å². The number of hydrogen-bond donors (Lipinski definition) is 0. The highest BCUT2D eigenvalue weighted by molar-refractivity contribution is 7.73. The molecule has 5 atom stereocenters. The van der Waals surface area contributed by atoms with Gasteiger partial charge in [-0.2, -0.15) is 0 Å². The van der Waals surface area contributed by atoms with Crippen molar-refractivity contribution in [3.05, 3.63) is 60.7 Å². The number of hydrogen-bond acceptors (Lipinski definition) is 0. The van der Waals surface area contributed by atoms with Crippen LogP contribution in [0.4, 0.5) is 0 Å². The van der Waals surface area contributed by atoms with Crippen LogP contribution in [0.1, 0.15) is 80.6 Å². The van der Waals surface area contributed by atoms with Gasteiger partial charge in [0.2, 0.25) is 0 Å². The molecule has 1 heterocycles. The summed E-state index contributed by atoms with van der Waals surface area (Å²) in [4.78, 5) is 0. The summed E-state index contributed by atoms with van der Waals surface area (Å²) in [5, 5.41) is 3.59. The third kappa shape index (κ3) is 5.07. The number of benzene rings is 2. The van der Waals surface area contributed by atoms with Crippen LogP contribution >= 0.6 is 15.8 Å². The standard InChI is InChI=1S/C32H48P2/c1-24(2)28-21-20-25(3)23-29(28)34-30(31(4,5)32(34,6)7)19-14-22-33(26-15-10-8-11-16-26)27-17-12-9-13-18-27/h8-13,15-18,24-25,28-30H,14,19-23H2,1-7H3/t25-,28+,29-,30+,34?/m1/s1. The van der Waals surface area contributed by atoms with E-state index in [1.165, 1.54) is 38.3 Å². The monoisotopic (exact) mass is 494 g/mol. The quantitative estimate of drug-likeness (QED) is 0.321. The van der Waals surface area contributed by atoms with Crippen LogP contribution in [0.15, 0.2) is 60.7 Å². The van der Waals surface area contributed by atoms with Gasteiger partial charge in [0.15, 0.2) is 0 Å². The van der Waals surface area contributed by atoms with Crippen molar-refractivity contribution in [2.24, 2.45) is 23.2 Å². The molecule has 1 aliphatic carbocycles. The average Bonchev–Trinajstić information content (AvgIpc) is 2.81. The molecule has 0 nitrogen and oxygen atoms in total. The van der Waals surface area contributed by atoms with Gasteiger partial charge in [0.1, 0.15) is 0 Å². The van der Waals surface area contributed by atoms with E-state index in [1.807, 2.05) is 0 Å². The van der Waals surface area contributed by atoms with Gasteiger partial charge in [-0.1, -0.05) is 123 Å². The molecule has 2 aromatic carbocycles. The Balaban J connectivity index is 1.52. The van der Waals surface area contributed by atoms with Crippen molar-refractivity contribution in [1.82, 2.24) is 0 Å². The zero-order valence-corrected chi connectivity index (χ0v) is 24.6. The highest BCUT2D eigenvalue weighted by Gasteiger charge is 2.63. The molecule has 0 radical (unpaired) electrons. The molecule has 0 N–H and O–H groups in total. The normalized spacial score (nSPS) is 30.3. The lowest BCUT2D eigenvalue weighted by atomic mass is 9.73. The van der Waals surface area contributed by atoms with Crippen molar-refractivity contribution >= 4 is 26.5 Å². The van der Waals surface area contributed by atoms with Crippen LogP contribution in [0.5, 0.6) is 0 Å². The molecular formula is C32H48P2. The second-order valence-electron chi connectivity index (χ2n) is 12.6. The Hall–Kier alpha value is -0.700. The molecule has 1 saturated heterocycles. The Morgan fingerprint density at radius 3 is 1.97 bits per heavy atom. The zero-order chi connectivity index (χ0) is 24.5. The maximum Gasteiger partial charge on any atom is -0.00886 e. The molecule has 2 fully saturated rings. The van der Waals surface area contributed by atoms with Crippen LogP contribution in [0.3, 0.4) is 0 Å². The van der Waals surface area contributed by atoms with E-state index in [-0.39, 0.29) is 15.8 Å². The SMILES string of the molecule is CC(C)[C@@H]1CC[C@@H](C)C[C@H]1P1[C@@H](CCCP(c2ccccc2)c2ccccc2)C(C)(C)C1(C)C. The summed E-state index contributed by atoms with van der Waals surface area (Å²) in [6, 6.07) is 22.6. The fourth-order valence-corrected chi connectivity index (χ4v) is 15.1. The van der Waals surface area contributed by atoms with Crippen LogP contribution in [0.25, 0.3) is 0 Å². The van der Waals surface area contributed by atoms with E-state index >= 15 is 0 Å². The van der Waals surface area contributed by atoms with E-state index in [4.69, 9.17) is 0 Å². The largest absolute Gasteiger partial charge is 0.0931 e. The van der Waals surface area contributed by atoms with Crippen molar-refractivity contribution in [2.75, 3.05) is 6.16 Å². The maximum absolute atomic E-state index is 2.63. The molecule has 34 heavy (non-hydrogen) atoms. The Kier molecular flexibility index (Phi) is 8.32. The first-order valence-electron chi connectivity index (χ1n) is 13.8. The first-order chi connectivity index (χ1) is 16.1. The fraction of sp³-hybridized carbons (Fsp3) is 0.625. The summed E-state index contributed by atoms with van der Waals surface area (Å²) < 4.78 is 0. The van der Waals surface area contributed by atoms with E-state index in [2.05, 4.69) is 109 Å². The minimum atomic E-state index is -0.265.